The van der Waals surface area contributed by atoms with Crippen molar-refractivity contribution in [3.63, 3.8) is 0 Å². The summed E-state index contributed by atoms with van der Waals surface area (Å²) >= 11 is 0. The van der Waals surface area contributed by atoms with E-state index in [-0.39, 0.29) is 0 Å². The van der Waals surface area contributed by atoms with Crippen molar-refractivity contribution in [3.05, 3.63) is 0 Å². The molecule has 1 saturated heterocycles. The minimum Gasteiger partial charge on any atom is -0.303 e. The van der Waals surface area contributed by atoms with E-state index >= 15 is 0 Å². The van der Waals surface area contributed by atoms with Gasteiger partial charge in [-0.2, -0.15) is 0 Å². The number of likely N-dealkylation sites (N-methyl/N-ethyl adjacent to an activating group) is 1. The van der Waals surface area contributed by atoms with Gasteiger partial charge in [0, 0.05) is 19.6 Å². The van der Waals surface area contributed by atoms with Gasteiger partial charge in [0.1, 0.15) is 0 Å². The van der Waals surface area contributed by atoms with Crippen molar-refractivity contribution < 1.29 is 4.84 Å². The molecule has 1 fully saturated rings. The molecule has 1 rings (SSSR count). The van der Waals surface area contributed by atoms with Crippen molar-refractivity contribution in [1.82, 2.24) is 10.4 Å². The molecule has 0 amide bonds. The minimum absolute atomic E-state index is 0.802. The predicted octanol–water partition coefficient (Wildman–Crippen LogP) is -0.547. The maximum absolute atomic E-state index is 4.97. The number of rotatable bonds is 0. The highest BCUT2D eigenvalue weighted by Crippen LogP contribution is 1.84. The molecule has 0 aliphatic carbocycles. The third kappa shape index (κ3) is 1.78. The van der Waals surface area contributed by atoms with Crippen LogP contribution >= 0.6 is 0 Å². The lowest BCUT2D eigenvalue weighted by Gasteiger charge is -2.08. The van der Waals surface area contributed by atoms with Gasteiger partial charge in [-0.05, 0) is 7.05 Å². The summed E-state index contributed by atoms with van der Waals surface area (Å²) in [7, 11) is 2.09. The quantitative estimate of drug-likeness (QED) is 0.459. The van der Waals surface area contributed by atoms with Crippen LogP contribution in [-0.2, 0) is 4.84 Å². The van der Waals surface area contributed by atoms with E-state index in [1.54, 1.807) is 0 Å². The van der Waals surface area contributed by atoms with Crippen LogP contribution in [0.15, 0.2) is 0 Å². The average Bonchev–Trinajstić information content (AvgIpc) is 1.94. The van der Waals surface area contributed by atoms with Gasteiger partial charge in [0.2, 0.25) is 0 Å². The molecule has 48 valence electrons. The summed E-state index contributed by atoms with van der Waals surface area (Å²) in [5.74, 6) is 0. The molecule has 8 heavy (non-hydrogen) atoms. The Labute approximate surface area is 49.6 Å². The first-order chi connectivity index (χ1) is 3.89. The monoisotopic (exact) mass is 116 g/mol. The highest BCUT2D eigenvalue weighted by Gasteiger charge is 2.00. The van der Waals surface area contributed by atoms with Crippen molar-refractivity contribution in [2.75, 3.05) is 33.3 Å². The Hall–Kier alpha value is -0.120. The Morgan fingerprint density at radius 3 is 3.25 bits per heavy atom. The van der Waals surface area contributed by atoms with E-state index in [9.17, 15) is 0 Å². The molecule has 3 nitrogen and oxygen atoms in total. The van der Waals surface area contributed by atoms with Crippen molar-refractivity contribution >= 4 is 0 Å². The van der Waals surface area contributed by atoms with Crippen LogP contribution in [0.3, 0.4) is 0 Å². The van der Waals surface area contributed by atoms with Gasteiger partial charge in [-0.3, -0.25) is 0 Å². The lowest BCUT2D eigenvalue weighted by atomic mass is 10.5. The van der Waals surface area contributed by atoms with Crippen molar-refractivity contribution in [2.45, 2.75) is 0 Å². The van der Waals surface area contributed by atoms with E-state index < -0.39 is 0 Å². The second-order valence-corrected chi connectivity index (χ2v) is 2.05. The summed E-state index contributed by atoms with van der Waals surface area (Å²) in [6, 6.07) is 0. The van der Waals surface area contributed by atoms with Crippen LogP contribution in [0, 0.1) is 0 Å². The lowest BCUT2D eigenvalue weighted by Crippen LogP contribution is -2.23. The topological polar surface area (TPSA) is 24.5 Å². The largest absolute Gasteiger partial charge is 0.303 e. The third-order valence-electron chi connectivity index (χ3n) is 1.27. The number of nitrogens with one attached hydrogen (secondary N) is 1. The molecule has 0 radical (unpaired) electrons. The maximum atomic E-state index is 4.97. The Balaban J connectivity index is 2.17. The highest BCUT2D eigenvalue weighted by atomic mass is 16.6. The first-order valence-electron chi connectivity index (χ1n) is 2.93. The van der Waals surface area contributed by atoms with E-state index in [2.05, 4.69) is 17.4 Å². The van der Waals surface area contributed by atoms with E-state index in [0.717, 1.165) is 26.2 Å². The molecule has 1 N–H and O–H groups in total. The van der Waals surface area contributed by atoms with Crippen molar-refractivity contribution in [3.8, 4) is 0 Å². The Bertz CT molecular complexity index is 59.4. The summed E-state index contributed by atoms with van der Waals surface area (Å²) < 4.78 is 0. The third-order valence-corrected chi connectivity index (χ3v) is 1.27. The first-order valence-corrected chi connectivity index (χ1v) is 2.93. The van der Waals surface area contributed by atoms with Crippen LogP contribution < -0.4 is 5.48 Å². The van der Waals surface area contributed by atoms with Gasteiger partial charge < -0.3 is 9.74 Å². The van der Waals surface area contributed by atoms with Crippen LogP contribution in [0.5, 0.6) is 0 Å². The Morgan fingerprint density at radius 2 is 2.38 bits per heavy atom. The van der Waals surface area contributed by atoms with E-state index in [0.29, 0.717) is 0 Å². The van der Waals surface area contributed by atoms with Gasteiger partial charge in [-0.15, -0.1) is 0 Å². The molecule has 0 atom stereocenters. The number of hydrogen-bond donors (Lipinski definition) is 1. The molecule has 0 saturated carbocycles. The van der Waals surface area contributed by atoms with Gasteiger partial charge in [-0.25, -0.2) is 5.48 Å². The zero-order valence-corrected chi connectivity index (χ0v) is 5.18. The molecule has 0 aromatic heterocycles. The Kier molecular flexibility index (Phi) is 2.27. The molecular weight excluding hydrogens is 104 g/mol. The molecule has 0 bridgehead atoms. The van der Waals surface area contributed by atoms with Gasteiger partial charge in [0.25, 0.3) is 0 Å². The standard InChI is InChI=1S/C5H12N2O/c1-7-3-2-6-8-5-4-7/h6H,2-5H2,1H3. The van der Waals surface area contributed by atoms with Crippen molar-refractivity contribution in [1.29, 1.82) is 0 Å². The van der Waals surface area contributed by atoms with Gasteiger partial charge in [0.15, 0.2) is 0 Å². The van der Waals surface area contributed by atoms with Crippen LogP contribution in [-0.4, -0.2) is 38.2 Å². The van der Waals surface area contributed by atoms with E-state index in [4.69, 9.17) is 4.84 Å². The zero-order chi connectivity index (χ0) is 5.82. The van der Waals surface area contributed by atoms with Crippen LogP contribution in [0.25, 0.3) is 0 Å². The predicted molar refractivity (Wildman–Crippen MR) is 31.5 cm³/mol. The minimum atomic E-state index is 0.802. The molecule has 1 aliphatic rings. The molecule has 0 aromatic carbocycles. The van der Waals surface area contributed by atoms with Crippen molar-refractivity contribution in [2.24, 2.45) is 0 Å². The fourth-order valence-electron chi connectivity index (χ4n) is 0.694. The summed E-state index contributed by atoms with van der Waals surface area (Å²) in [6.45, 7) is 3.86. The normalized spacial score (nSPS) is 25.1. The molecule has 0 spiro atoms. The maximum Gasteiger partial charge on any atom is 0.0809 e. The fraction of sp³-hybridized carbons (Fsp3) is 1.00. The molecule has 1 aliphatic heterocycles. The number of hydroxylamine groups is 1. The lowest BCUT2D eigenvalue weighted by molar-refractivity contribution is 0.0557. The average molecular weight is 116 g/mol. The first kappa shape index (κ1) is 6.01. The van der Waals surface area contributed by atoms with Gasteiger partial charge >= 0.3 is 0 Å². The molecule has 0 unspecified atom stereocenters. The molecule has 3 heteroatoms. The SMILES string of the molecule is CN1CCNOCC1. The summed E-state index contributed by atoms with van der Waals surface area (Å²) in [6.07, 6.45) is 0. The van der Waals surface area contributed by atoms with Crippen LogP contribution in [0.2, 0.25) is 0 Å². The Morgan fingerprint density at radius 1 is 1.50 bits per heavy atom. The number of nitrogens with zero attached hydrogens (tertiary/aromatic N) is 1. The van der Waals surface area contributed by atoms with Crippen LogP contribution in [0.4, 0.5) is 0 Å². The van der Waals surface area contributed by atoms with Gasteiger partial charge in [-0.1, -0.05) is 0 Å². The highest BCUT2D eigenvalue weighted by molar-refractivity contribution is 4.53. The molecule has 1 heterocycles. The summed E-state index contributed by atoms with van der Waals surface area (Å²) in [4.78, 5) is 7.21. The van der Waals surface area contributed by atoms with Gasteiger partial charge in [0.05, 0.1) is 6.61 Å². The van der Waals surface area contributed by atoms with E-state index in [1.165, 1.54) is 0 Å². The number of hydrogen-bond acceptors (Lipinski definition) is 3. The fourth-order valence-corrected chi connectivity index (χ4v) is 0.694. The molecular formula is C5H12N2O. The zero-order valence-electron chi connectivity index (χ0n) is 5.18. The second-order valence-electron chi connectivity index (χ2n) is 2.05. The molecule has 0 aromatic rings. The smallest absolute Gasteiger partial charge is 0.0809 e. The van der Waals surface area contributed by atoms with E-state index in [1.807, 2.05) is 0 Å². The summed E-state index contributed by atoms with van der Waals surface area (Å²) in [5.41, 5.74) is 2.84. The second kappa shape index (κ2) is 3.02. The summed E-state index contributed by atoms with van der Waals surface area (Å²) in [5, 5.41) is 0. The van der Waals surface area contributed by atoms with Crippen LogP contribution in [0.1, 0.15) is 0 Å².